The van der Waals surface area contributed by atoms with Gasteiger partial charge in [0, 0.05) is 16.8 Å². The van der Waals surface area contributed by atoms with Crippen molar-refractivity contribution in [3.05, 3.63) is 28.7 Å². The number of carboxylic acid groups (broad SMARTS) is 1. The van der Waals surface area contributed by atoms with Crippen molar-refractivity contribution >= 4 is 34.2 Å². The number of nitrogens with one attached hydrogen (secondary N) is 1. The zero-order chi connectivity index (χ0) is 19.0. The van der Waals surface area contributed by atoms with Gasteiger partial charge in [0.25, 0.3) is 0 Å². The Morgan fingerprint density at radius 3 is 2.50 bits per heavy atom. The van der Waals surface area contributed by atoms with Crippen LogP contribution >= 0.6 is 11.3 Å². The van der Waals surface area contributed by atoms with Crippen LogP contribution in [0.15, 0.2) is 18.2 Å². The van der Waals surface area contributed by atoms with Gasteiger partial charge in [0.1, 0.15) is 5.00 Å². The SMILES string of the molecule is CCOC(=O)c1cc(C(C)C)sc1NC(=O)[C@H]1[C@@H](C(=O)[O-])[C@@H]2C=C[C@@H]1C2. The van der Waals surface area contributed by atoms with E-state index in [0.29, 0.717) is 17.0 Å². The molecule has 1 aromatic rings. The summed E-state index contributed by atoms with van der Waals surface area (Å²) in [5.74, 6) is -3.61. The highest BCUT2D eigenvalue weighted by Crippen LogP contribution is 2.48. The molecule has 1 fully saturated rings. The molecule has 2 aliphatic rings. The van der Waals surface area contributed by atoms with E-state index < -0.39 is 23.8 Å². The van der Waals surface area contributed by atoms with Crippen LogP contribution in [0.25, 0.3) is 0 Å². The molecule has 3 rings (SSSR count). The van der Waals surface area contributed by atoms with Crippen molar-refractivity contribution in [3.8, 4) is 0 Å². The molecular weight excluding hydrogens is 354 g/mol. The quantitative estimate of drug-likeness (QED) is 0.606. The van der Waals surface area contributed by atoms with Crippen molar-refractivity contribution < 1.29 is 24.2 Å². The summed E-state index contributed by atoms with van der Waals surface area (Å²) in [5, 5.41) is 14.7. The van der Waals surface area contributed by atoms with Crippen LogP contribution in [-0.2, 0) is 14.3 Å². The summed E-state index contributed by atoms with van der Waals surface area (Å²) in [6.45, 7) is 5.96. The molecule has 1 amide bonds. The minimum Gasteiger partial charge on any atom is -0.550 e. The fourth-order valence-corrected chi connectivity index (χ4v) is 4.90. The normalized spacial score (nSPS) is 26.3. The van der Waals surface area contributed by atoms with Crippen LogP contribution in [0, 0.1) is 23.7 Å². The Morgan fingerprint density at radius 1 is 1.27 bits per heavy atom. The van der Waals surface area contributed by atoms with Crippen LogP contribution in [0.4, 0.5) is 5.00 Å². The number of anilines is 1. The molecule has 0 aliphatic heterocycles. The lowest BCUT2D eigenvalue weighted by Crippen LogP contribution is -2.42. The number of fused-ring (bicyclic) bond motifs is 2. The Balaban J connectivity index is 1.86. The summed E-state index contributed by atoms with van der Waals surface area (Å²) >= 11 is 1.32. The summed E-state index contributed by atoms with van der Waals surface area (Å²) in [6.07, 6.45) is 4.43. The number of amides is 1. The standard InChI is InChI=1S/C19H23NO5S/c1-4-25-19(24)12-8-13(9(2)3)26-17(12)20-16(21)14-10-5-6-11(7-10)15(14)18(22)23/h5-6,8-11,14-15H,4,7H2,1-3H3,(H,20,21)(H,22,23)/p-1/t10-,11-,14-,15+/m1/s1. The molecule has 4 atom stereocenters. The molecular formula is C19H22NO5S-. The molecule has 2 bridgehead atoms. The molecule has 1 aromatic heterocycles. The molecule has 1 N–H and O–H groups in total. The Bertz CT molecular complexity index is 766. The molecule has 0 aromatic carbocycles. The van der Waals surface area contributed by atoms with Crippen LogP contribution in [0.3, 0.4) is 0 Å². The third kappa shape index (κ3) is 3.28. The maximum atomic E-state index is 12.8. The van der Waals surface area contributed by atoms with Crippen LogP contribution < -0.4 is 10.4 Å². The zero-order valence-electron chi connectivity index (χ0n) is 15.0. The van der Waals surface area contributed by atoms with E-state index in [1.807, 2.05) is 26.0 Å². The second-order valence-electron chi connectivity index (χ2n) is 7.07. The third-order valence-electron chi connectivity index (χ3n) is 5.09. The number of allylic oxidation sites excluding steroid dienone is 2. The van der Waals surface area contributed by atoms with Gasteiger partial charge in [0.05, 0.1) is 18.1 Å². The minimum absolute atomic E-state index is 0.0986. The van der Waals surface area contributed by atoms with Gasteiger partial charge in [-0.15, -0.1) is 11.3 Å². The van der Waals surface area contributed by atoms with Gasteiger partial charge < -0.3 is 20.0 Å². The number of rotatable bonds is 6. The first-order valence-electron chi connectivity index (χ1n) is 8.84. The van der Waals surface area contributed by atoms with Gasteiger partial charge in [-0.2, -0.15) is 0 Å². The molecule has 2 aliphatic carbocycles. The maximum absolute atomic E-state index is 12.8. The predicted octanol–water partition coefficient (Wildman–Crippen LogP) is 2.17. The average molecular weight is 376 g/mol. The predicted molar refractivity (Wildman–Crippen MR) is 95.7 cm³/mol. The van der Waals surface area contributed by atoms with Crippen LogP contribution in [0.1, 0.15) is 48.3 Å². The lowest BCUT2D eigenvalue weighted by molar-refractivity contribution is -0.313. The maximum Gasteiger partial charge on any atom is 0.341 e. The van der Waals surface area contributed by atoms with Gasteiger partial charge >= 0.3 is 5.97 Å². The second-order valence-corrected chi connectivity index (χ2v) is 8.16. The summed E-state index contributed by atoms with van der Waals surface area (Å²) in [5.41, 5.74) is 0.317. The Morgan fingerprint density at radius 2 is 1.92 bits per heavy atom. The lowest BCUT2D eigenvalue weighted by Gasteiger charge is -2.27. The number of carbonyl (C=O) groups is 3. The van der Waals surface area contributed by atoms with Crippen molar-refractivity contribution in [1.29, 1.82) is 0 Å². The van der Waals surface area contributed by atoms with E-state index in [1.54, 1.807) is 13.0 Å². The highest BCUT2D eigenvalue weighted by molar-refractivity contribution is 7.16. The molecule has 0 unspecified atom stereocenters. The number of hydrogen-bond donors (Lipinski definition) is 1. The fourth-order valence-electron chi connectivity index (χ4n) is 3.84. The van der Waals surface area contributed by atoms with Gasteiger partial charge in [-0.1, -0.05) is 26.0 Å². The Labute approximate surface area is 156 Å². The van der Waals surface area contributed by atoms with Gasteiger partial charge in [-0.3, -0.25) is 4.79 Å². The first-order chi connectivity index (χ1) is 12.3. The van der Waals surface area contributed by atoms with E-state index in [-0.39, 0.29) is 30.3 Å². The minimum atomic E-state index is -1.19. The first kappa shape index (κ1) is 18.6. The summed E-state index contributed by atoms with van der Waals surface area (Å²) in [7, 11) is 0. The number of carbonyl (C=O) groups excluding carboxylic acids is 3. The molecule has 1 heterocycles. The molecule has 0 spiro atoms. The largest absolute Gasteiger partial charge is 0.550 e. The molecule has 6 nitrogen and oxygen atoms in total. The van der Waals surface area contributed by atoms with Crippen LogP contribution in [-0.4, -0.2) is 24.5 Å². The number of thiophene rings is 1. The molecule has 7 heteroatoms. The second kappa shape index (κ2) is 7.23. The number of ether oxygens (including phenoxy) is 1. The Kier molecular flexibility index (Phi) is 5.18. The molecule has 26 heavy (non-hydrogen) atoms. The zero-order valence-corrected chi connectivity index (χ0v) is 15.8. The van der Waals surface area contributed by atoms with Crippen molar-refractivity contribution in [3.63, 3.8) is 0 Å². The topological polar surface area (TPSA) is 95.5 Å². The van der Waals surface area contributed by atoms with E-state index in [9.17, 15) is 19.5 Å². The van der Waals surface area contributed by atoms with Gasteiger partial charge in [0.2, 0.25) is 5.91 Å². The summed E-state index contributed by atoms with van der Waals surface area (Å²) in [4.78, 5) is 37.5. The number of carboxylic acids is 1. The number of esters is 1. The van der Waals surface area contributed by atoms with E-state index in [0.717, 1.165) is 4.88 Å². The monoisotopic (exact) mass is 376 g/mol. The smallest absolute Gasteiger partial charge is 0.341 e. The fraction of sp³-hybridized carbons (Fsp3) is 0.526. The van der Waals surface area contributed by atoms with Crippen molar-refractivity contribution in [2.24, 2.45) is 23.7 Å². The average Bonchev–Trinajstić information content (AvgIpc) is 3.28. The summed E-state index contributed by atoms with van der Waals surface area (Å²) < 4.78 is 5.08. The number of aliphatic carboxylic acids is 1. The first-order valence-corrected chi connectivity index (χ1v) is 9.66. The lowest BCUT2D eigenvalue weighted by atomic mass is 9.82. The Hall–Kier alpha value is -2.15. The van der Waals surface area contributed by atoms with Gasteiger partial charge in [0.15, 0.2) is 0 Å². The summed E-state index contributed by atoms with van der Waals surface area (Å²) in [6, 6.07) is 1.74. The van der Waals surface area contributed by atoms with Crippen LogP contribution in [0.5, 0.6) is 0 Å². The van der Waals surface area contributed by atoms with Crippen molar-refractivity contribution in [2.75, 3.05) is 11.9 Å². The van der Waals surface area contributed by atoms with Gasteiger partial charge in [-0.25, -0.2) is 4.79 Å². The van der Waals surface area contributed by atoms with E-state index >= 15 is 0 Å². The van der Waals surface area contributed by atoms with Crippen molar-refractivity contribution in [2.45, 2.75) is 33.1 Å². The highest BCUT2D eigenvalue weighted by Gasteiger charge is 2.48. The molecule has 140 valence electrons. The molecule has 0 saturated heterocycles. The highest BCUT2D eigenvalue weighted by atomic mass is 32.1. The number of hydrogen-bond acceptors (Lipinski definition) is 6. The van der Waals surface area contributed by atoms with E-state index in [1.165, 1.54) is 11.3 Å². The third-order valence-corrected chi connectivity index (χ3v) is 6.44. The van der Waals surface area contributed by atoms with E-state index in [2.05, 4.69) is 5.32 Å². The van der Waals surface area contributed by atoms with Gasteiger partial charge in [-0.05, 0) is 37.2 Å². The molecule has 1 saturated carbocycles. The van der Waals surface area contributed by atoms with Crippen molar-refractivity contribution in [1.82, 2.24) is 0 Å². The molecule has 0 radical (unpaired) electrons. The van der Waals surface area contributed by atoms with Crippen LogP contribution in [0.2, 0.25) is 0 Å². The van der Waals surface area contributed by atoms with E-state index in [4.69, 9.17) is 4.74 Å².